The number of hydrogen-bond acceptors (Lipinski definition) is 5. The molecular formula is C11H10N2O3S. The van der Waals surface area contributed by atoms with Gasteiger partial charge in [-0.15, -0.1) is 11.3 Å². The summed E-state index contributed by atoms with van der Waals surface area (Å²) in [5.74, 6) is -0.103. The Balaban J connectivity index is 2.15. The lowest BCUT2D eigenvalue weighted by molar-refractivity contribution is 0.0606. The summed E-state index contributed by atoms with van der Waals surface area (Å²) in [7, 11) is 1.33. The highest BCUT2D eigenvalue weighted by atomic mass is 32.1. The second-order valence-corrected chi connectivity index (χ2v) is 5.08. The Morgan fingerprint density at radius 3 is 3.00 bits per heavy atom. The highest BCUT2D eigenvalue weighted by Gasteiger charge is 2.28. The fourth-order valence-electron chi connectivity index (χ4n) is 1.74. The number of aromatic nitrogens is 2. The lowest BCUT2D eigenvalue weighted by Gasteiger charge is -1.95. The lowest BCUT2D eigenvalue weighted by atomic mass is 10.3. The summed E-state index contributed by atoms with van der Waals surface area (Å²) < 4.78 is 4.64. The molecule has 0 aliphatic heterocycles. The van der Waals surface area contributed by atoms with Crippen molar-refractivity contribution in [1.29, 1.82) is 0 Å². The summed E-state index contributed by atoms with van der Waals surface area (Å²) >= 11 is 1.24. The maximum absolute atomic E-state index is 11.7. The van der Waals surface area contributed by atoms with Crippen LogP contribution in [0.3, 0.4) is 0 Å². The Morgan fingerprint density at radius 1 is 1.59 bits per heavy atom. The molecule has 0 atom stereocenters. The molecule has 0 saturated heterocycles. The standard InChI is InChI=1S/C11H10N2O3S/c1-16-11(15)7-4-6-10(17-7)13-8(5-2-3-5)9(14)12-6/h4-5H,2-3H2,1H3,(H,12,14). The topological polar surface area (TPSA) is 72.1 Å². The van der Waals surface area contributed by atoms with E-state index in [1.54, 1.807) is 6.07 Å². The minimum Gasteiger partial charge on any atom is -0.465 e. The van der Waals surface area contributed by atoms with E-state index in [-0.39, 0.29) is 5.56 Å². The number of ether oxygens (including phenoxy) is 1. The third-order valence-electron chi connectivity index (χ3n) is 2.77. The maximum atomic E-state index is 11.7. The van der Waals surface area contributed by atoms with Crippen molar-refractivity contribution in [1.82, 2.24) is 9.97 Å². The van der Waals surface area contributed by atoms with Gasteiger partial charge in [0.05, 0.1) is 12.6 Å². The molecule has 1 aliphatic carbocycles. The molecule has 1 fully saturated rings. The first-order chi connectivity index (χ1) is 8.19. The third kappa shape index (κ3) is 1.74. The number of esters is 1. The van der Waals surface area contributed by atoms with Gasteiger partial charge in [-0.1, -0.05) is 0 Å². The van der Waals surface area contributed by atoms with Gasteiger partial charge < -0.3 is 9.72 Å². The van der Waals surface area contributed by atoms with E-state index in [0.717, 1.165) is 12.8 Å². The van der Waals surface area contributed by atoms with E-state index >= 15 is 0 Å². The minimum absolute atomic E-state index is 0.144. The van der Waals surface area contributed by atoms with E-state index < -0.39 is 5.97 Å². The number of carbonyl (C=O) groups is 1. The molecule has 6 heteroatoms. The highest BCUT2D eigenvalue weighted by molar-refractivity contribution is 7.20. The number of fused-ring (bicyclic) bond motifs is 1. The Kier molecular flexibility index (Phi) is 2.25. The second kappa shape index (κ2) is 3.66. The van der Waals surface area contributed by atoms with Crippen LogP contribution in [-0.2, 0) is 4.74 Å². The van der Waals surface area contributed by atoms with Crippen LogP contribution in [-0.4, -0.2) is 23.0 Å². The van der Waals surface area contributed by atoms with Gasteiger partial charge in [0.1, 0.15) is 15.4 Å². The number of rotatable bonds is 2. The number of hydrogen-bond donors (Lipinski definition) is 1. The second-order valence-electron chi connectivity index (χ2n) is 4.05. The Hall–Kier alpha value is -1.69. The van der Waals surface area contributed by atoms with Gasteiger partial charge >= 0.3 is 5.97 Å². The van der Waals surface area contributed by atoms with Crippen LogP contribution < -0.4 is 5.56 Å². The predicted molar refractivity (Wildman–Crippen MR) is 63.6 cm³/mol. The molecule has 1 saturated carbocycles. The van der Waals surface area contributed by atoms with Gasteiger partial charge in [0.15, 0.2) is 0 Å². The number of carbonyl (C=O) groups excluding carboxylic acids is 1. The zero-order valence-electron chi connectivity index (χ0n) is 9.15. The van der Waals surface area contributed by atoms with Crippen LogP contribution in [0.15, 0.2) is 10.9 Å². The van der Waals surface area contributed by atoms with Crippen molar-refractivity contribution >= 4 is 27.7 Å². The number of H-pyrrole nitrogens is 1. The van der Waals surface area contributed by atoms with Crippen LogP contribution in [0, 0.1) is 0 Å². The van der Waals surface area contributed by atoms with Crippen LogP contribution in [0.1, 0.15) is 34.1 Å². The molecule has 0 amide bonds. The predicted octanol–water partition coefficient (Wildman–Crippen LogP) is 1.65. The molecule has 2 heterocycles. The van der Waals surface area contributed by atoms with Gasteiger partial charge in [0, 0.05) is 5.92 Å². The molecule has 0 aromatic carbocycles. The number of thiophene rings is 1. The average Bonchev–Trinajstić information content (AvgIpc) is 3.08. The zero-order valence-corrected chi connectivity index (χ0v) is 9.97. The first-order valence-electron chi connectivity index (χ1n) is 5.31. The molecule has 0 unspecified atom stereocenters. The van der Waals surface area contributed by atoms with Gasteiger partial charge in [-0.25, -0.2) is 9.78 Å². The number of methoxy groups -OCH3 is 1. The van der Waals surface area contributed by atoms with Crippen molar-refractivity contribution in [2.75, 3.05) is 7.11 Å². The minimum atomic E-state index is -0.401. The molecule has 3 rings (SSSR count). The van der Waals surface area contributed by atoms with E-state index in [1.807, 2.05) is 0 Å². The maximum Gasteiger partial charge on any atom is 0.348 e. The molecule has 0 radical (unpaired) electrons. The smallest absolute Gasteiger partial charge is 0.348 e. The molecule has 0 spiro atoms. The van der Waals surface area contributed by atoms with Crippen molar-refractivity contribution in [3.63, 3.8) is 0 Å². The largest absolute Gasteiger partial charge is 0.465 e. The van der Waals surface area contributed by atoms with Crippen molar-refractivity contribution in [2.24, 2.45) is 0 Å². The molecule has 88 valence electrons. The summed E-state index contributed by atoms with van der Waals surface area (Å²) in [4.78, 5) is 31.3. The van der Waals surface area contributed by atoms with E-state index in [1.165, 1.54) is 18.4 Å². The number of nitrogens with one attached hydrogen (secondary N) is 1. The molecule has 1 aliphatic rings. The van der Waals surface area contributed by atoms with E-state index in [2.05, 4.69) is 14.7 Å². The quantitative estimate of drug-likeness (QED) is 0.822. The summed E-state index contributed by atoms with van der Waals surface area (Å²) in [6.45, 7) is 0. The molecular weight excluding hydrogens is 240 g/mol. The van der Waals surface area contributed by atoms with Crippen molar-refractivity contribution in [2.45, 2.75) is 18.8 Å². The van der Waals surface area contributed by atoms with E-state index in [0.29, 0.717) is 26.8 Å². The molecule has 17 heavy (non-hydrogen) atoms. The Morgan fingerprint density at radius 2 is 2.35 bits per heavy atom. The fraction of sp³-hybridized carbons (Fsp3) is 0.364. The first kappa shape index (κ1) is 10.5. The van der Waals surface area contributed by atoms with E-state index in [4.69, 9.17) is 0 Å². The molecule has 2 aromatic heterocycles. The van der Waals surface area contributed by atoms with Crippen molar-refractivity contribution < 1.29 is 9.53 Å². The first-order valence-corrected chi connectivity index (χ1v) is 6.13. The van der Waals surface area contributed by atoms with Crippen LogP contribution in [0.4, 0.5) is 0 Å². The van der Waals surface area contributed by atoms with Crippen LogP contribution in [0.2, 0.25) is 0 Å². The van der Waals surface area contributed by atoms with Gasteiger partial charge in [0.2, 0.25) is 0 Å². The summed E-state index contributed by atoms with van der Waals surface area (Å²) in [5, 5.41) is 0. The molecule has 1 N–H and O–H groups in total. The number of nitrogens with zero attached hydrogens (tertiary/aromatic N) is 1. The van der Waals surface area contributed by atoms with Crippen LogP contribution >= 0.6 is 11.3 Å². The van der Waals surface area contributed by atoms with Gasteiger partial charge in [-0.05, 0) is 18.9 Å². The van der Waals surface area contributed by atoms with Crippen molar-refractivity contribution in [3.05, 3.63) is 27.0 Å². The third-order valence-corrected chi connectivity index (χ3v) is 3.77. The Bertz CT molecular complexity index is 654. The SMILES string of the molecule is COC(=O)c1cc2[nH]c(=O)c(C3CC3)nc2s1. The summed E-state index contributed by atoms with van der Waals surface area (Å²) in [6.07, 6.45) is 2.05. The highest BCUT2D eigenvalue weighted by Crippen LogP contribution is 2.38. The lowest BCUT2D eigenvalue weighted by Crippen LogP contribution is -2.13. The molecule has 5 nitrogen and oxygen atoms in total. The number of aromatic amines is 1. The average molecular weight is 250 g/mol. The van der Waals surface area contributed by atoms with Crippen molar-refractivity contribution in [3.8, 4) is 0 Å². The summed E-state index contributed by atoms with van der Waals surface area (Å²) in [6, 6.07) is 1.61. The van der Waals surface area contributed by atoms with Crippen LogP contribution in [0.25, 0.3) is 10.3 Å². The molecule has 2 aromatic rings. The van der Waals surface area contributed by atoms with Crippen LogP contribution in [0.5, 0.6) is 0 Å². The monoisotopic (exact) mass is 250 g/mol. The van der Waals surface area contributed by atoms with E-state index in [9.17, 15) is 9.59 Å². The zero-order chi connectivity index (χ0) is 12.0. The fourth-order valence-corrected chi connectivity index (χ4v) is 2.65. The normalized spacial score (nSPS) is 15.1. The summed E-state index contributed by atoms with van der Waals surface area (Å²) in [5.41, 5.74) is 1.05. The van der Waals surface area contributed by atoms with Gasteiger partial charge in [-0.2, -0.15) is 0 Å². The molecule has 0 bridgehead atoms. The Labute approximate surface area is 100 Å². The van der Waals surface area contributed by atoms with Gasteiger partial charge in [-0.3, -0.25) is 4.79 Å². The van der Waals surface area contributed by atoms with Gasteiger partial charge in [0.25, 0.3) is 5.56 Å².